The molecule has 2 aromatic heterocycles. The number of methoxy groups -OCH3 is 1. The van der Waals surface area contributed by atoms with Crippen molar-refractivity contribution in [3.05, 3.63) is 81.4 Å². The predicted octanol–water partition coefficient (Wildman–Crippen LogP) is 6.63. The largest absolute Gasteiger partial charge is 0.497 e. The van der Waals surface area contributed by atoms with Crippen molar-refractivity contribution in [3.63, 3.8) is 0 Å². The zero-order valence-electron chi connectivity index (χ0n) is 16.0. The van der Waals surface area contributed by atoms with E-state index in [2.05, 4.69) is 43.7 Å². The number of aldehydes is 1. The lowest BCUT2D eigenvalue weighted by molar-refractivity contribution is 0.112. The summed E-state index contributed by atoms with van der Waals surface area (Å²) in [6.45, 7) is 0.662. The molecule has 2 heterocycles. The molecule has 0 saturated heterocycles. The molecule has 0 atom stereocenters. The van der Waals surface area contributed by atoms with Gasteiger partial charge in [0, 0.05) is 32.7 Å². The van der Waals surface area contributed by atoms with Gasteiger partial charge in [0.25, 0.3) is 0 Å². The highest BCUT2D eigenvalue weighted by molar-refractivity contribution is 9.10. The number of carbonyl (C=O) groups excluding carboxylic acids is 1. The molecule has 0 aliphatic rings. The van der Waals surface area contributed by atoms with Crippen LogP contribution in [0.3, 0.4) is 0 Å². The summed E-state index contributed by atoms with van der Waals surface area (Å²) < 4.78 is 8.71. The van der Waals surface area contributed by atoms with Crippen LogP contribution in [-0.2, 0) is 6.54 Å². The van der Waals surface area contributed by atoms with Gasteiger partial charge in [0.1, 0.15) is 10.9 Å². The van der Waals surface area contributed by atoms with Gasteiger partial charge in [0.05, 0.1) is 23.7 Å². The van der Waals surface area contributed by atoms with Gasteiger partial charge in [0.15, 0.2) is 6.29 Å². The average molecular weight is 480 g/mol. The number of fused-ring (bicyclic) bond motifs is 5. The van der Waals surface area contributed by atoms with Crippen LogP contribution < -0.4 is 4.74 Å². The van der Waals surface area contributed by atoms with E-state index in [9.17, 15) is 4.79 Å². The minimum absolute atomic E-state index is 0.223. The molecule has 6 heteroatoms. The molecule has 0 spiro atoms. The third-order valence-electron chi connectivity index (χ3n) is 5.42. The smallest absolute Gasteiger partial charge is 0.153 e. The van der Waals surface area contributed by atoms with Crippen LogP contribution in [0.15, 0.2) is 65.1 Å². The van der Waals surface area contributed by atoms with E-state index in [0.29, 0.717) is 12.1 Å². The summed E-state index contributed by atoms with van der Waals surface area (Å²) in [5.74, 6) is 0.814. The van der Waals surface area contributed by atoms with Crippen LogP contribution >= 0.6 is 27.5 Å². The van der Waals surface area contributed by atoms with E-state index < -0.39 is 0 Å². The highest BCUT2D eigenvalue weighted by Crippen LogP contribution is 2.36. The first-order valence-corrected chi connectivity index (χ1v) is 10.6. The summed E-state index contributed by atoms with van der Waals surface area (Å²) in [6, 6.07) is 20.1. The van der Waals surface area contributed by atoms with Crippen molar-refractivity contribution in [2.24, 2.45) is 0 Å². The Balaban J connectivity index is 1.84. The number of nitrogens with zero attached hydrogens (tertiary/aromatic N) is 2. The number of aromatic nitrogens is 2. The van der Waals surface area contributed by atoms with E-state index in [0.717, 1.165) is 54.8 Å². The van der Waals surface area contributed by atoms with Crippen LogP contribution in [0, 0.1) is 0 Å². The van der Waals surface area contributed by atoms with Crippen molar-refractivity contribution in [1.29, 1.82) is 0 Å². The molecule has 4 nitrogen and oxygen atoms in total. The molecule has 5 rings (SSSR count). The molecule has 0 amide bonds. The molecular weight excluding hydrogens is 464 g/mol. The minimum atomic E-state index is 0.223. The van der Waals surface area contributed by atoms with E-state index in [-0.39, 0.29) is 5.15 Å². The summed E-state index contributed by atoms with van der Waals surface area (Å²) in [5, 5.41) is 3.31. The lowest BCUT2D eigenvalue weighted by atomic mass is 10.1. The molecule has 0 N–H and O–H groups in total. The molecule has 3 aromatic carbocycles. The maximum absolute atomic E-state index is 11.5. The lowest BCUT2D eigenvalue weighted by Gasteiger charge is -2.11. The second-order valence-electron chi connectivity index (χ2n) is 7.07. The van der Waals surface area contributed by atoms with Crippen molar-refractivity contribution in [3.8, 4) is 5.75 Å². The van der Waals surface area contributed by atoms with Gasteiger partial charge in [0.2, 0.25) is 0 Å². The Morgan fingerprint density at radius 3 is 2.70 bits per heavy atom. The number of para-hydroxylation sites is 1. The maximum Gasteiger partial charge on any atom is 0.153 e. The van der Waals surface area contributed by atoms with Gasteiger partial charge in [-0.3, -0.25) is 4.79 Å². The summed E-state index contributed by atoms with van der Waals surface area (Å²) in [6.07, 6.45) is 0.750. The number of halogens is 2. The van der Waals surface area contributed by atoms with Gasteiger partial charge in [-0.05, 0) is 48.0 Å². The Morgan fingerprint density at radius 2 is 1.90 bits per heavy atom. The van der Waals surface area contributed by atoms with Gasteiger partial charge in [-0.1, -0.05) is 45.7 Å². The number of hydrogen-bond acceptors (Lipinski definition) is 3. The van der Waals surface area contributed by atoms with Gasteiger partial charge in [-0.2, -0.15) is 0 Å². The van der Waals surface area contributed by atoms with Crippen LogP contribution in [0.2, 0.25) is 5.15 Å². The lowest BCUT2D eigenvalue weighted by Crippen LogP contribution is -2.01. The van der Waals surface area contributed by atoms with Crippen molar-refractivity contribution >= 4 is 66.5 Å². The molecule has 148 valence electrons. The molecule has 0 aliphatic carbocycles. The van der Waals surface area contributed by atoms with Crippen molar-refractivity contribution in [2.75, 3.05) is 7.11 Å². The van der Waals surface area contributed by atoms with Gasteiger partial charge in [-0.25, -0.2) is 4.98 Å². The summed E-state index contributed by atoms with van der Waals surface area (Å²) in [5.41, 5.74) is 4.45. The first-order valence-electron chi connectivity index (χ1n) is 9.38. The van der Waals surface area contributed by atoms with Crippen molar-refractivity contribution in [1.82, 2.24) is 9.55 Å². The molecule has 30 heavy (non-hydrogen) atoms. The summed E-state index contributed by atoms with van der Waals surface area (Å²) in [4.78, 5) is 15.9. The van der Waals surface area contributed by atoms with E-state index in [4.69, 9.17) is 16.3 Å². The Morgan fingerprint density at radius 1 is 1.07 bits per heavy atom. The number of rotatable bonds is 4. The van der Waals surface area contributed by atoms with Crippen molar-refractivity contribution < 1.29 is 9.53 Å². The standard InChI is InChI=1S/C24H16BrClN2O2/c1-30-16-6-7-19(25)14(10-16)12-28-21-5-3-2-4-17(21)23-18-11-15(13-29)24(26)27-20(18)8-9-22(23)28/h2-11,13H,12H2,1H3. The van der Waals surface area contributed by atoms with Crippen LogP contribution in [0.1, 0.15) is 15.9 Å². The molecule has 0 saturated carbocycles. The molecule has 0 fully saturated rings. The minimum Gasteiger partial charge on any atom is -0.497 e. The highest BCUT2D eigenvalue weighted by Gasteiger charge is 2.16. The summed E-state index contributed by atoms with van der Waals surface area (Å²) >= 11 is 9.83. The Labute approximate surface area is 186 Å². The van der Waals surface area contributed by atoms with E-state index >= 15 is 0 Å². The maximum atomic E-state index is 11.5. The normalized spacial score (nSPS) is 11.4. The molecule has 0 bridgehead atoms. The Bertz CT molecular complexity index is 1460. The monoisotopic (exact) mass is 478 g/mol. The summed E-state index contributed by atoms with van der Waals surface area (Å²) in [7, 11) is 1.67. The second-order valence-corrected chi connectivity index (χ2v) is 8.29. The van der Waals surface area contributed by atoms with Gasteiger partial charge < -0.3 is 9.30 Å². The van der Waals surface area contributed by atoms with E-state index in [1.54, 1.807) is 7.11 Å². The van der Waals surface area contributed by atoms with Gasteiger partial charge in [-0.15, -0.1) is 0 Å². The zero-order chi connectivity index (χ0) is 20.8. The number of benzene rings is 3. The Hall–Kier alpha value is -2.89. The number of ether oxygens (including phenoxy) is 1. The fourth-order valence-corrected chi connectivity index (χ4v) is 4.57. The van der Waals surface area contributed by atoms with Crippen molar-refractivity contribution in [2.45, 2.75) is 6.54 Å². The third-order valence-corrected chi connectivity index (χ3v) is 6.50. The SMILES string of the molecule is COc1ccc(Br)c(Cn2c3ccccc3c3c4cc(C=O)c(Cl)nc4ccc32)c1. The van der Waals surface area contributed by atoms with Crippen LogP contribution in [0.25, 0.3) is 32.7 Å². The molecule has 0 aliphatic heterocycles. The fourth-order valence-electron chi connectivity index (χ4n) is 4.01. The third kappa shape index (κ3) is 2.97. The van der Waals surface area contributed by atoms with E-state index in [1.807, 2.05) is 42.5 Å². The Kier molecular flexibility index (Phi) is 4.72. The molecular formula is C24H16BrClN2O2. The van der Waals surface area contributed by atoms with Crippen LogP contribution in [0.5, 0.6) is 5.75 Å². The highest BCUT2D eigenvalue weighted by atomic mass is 79.9. The number of hydrogen-bond donors (Lipinski definition) is 0. The first-order chi connectivity index (χ1) is 14.6. The van der Waals surface area contributed by atoms with Crippen LogP contribution in [0.4, 0.5) is 0 Å². The molecule has 5 aromatic rings. The fraction of sp³-hybridized carbons (Fsp3) is 0.0833. The predicted molar refractivity (Wildman–Crippen MR) is 125 cm³/mol. The topological polar surface area (TPSA) is 44.1 Å². The zero-order valence-corrected chi connectivity index (χ0v) is 18.4. The quantitative estimate of drug-likeness (QED) is 0.215. The number of carbonyl (C=O) groups is 1. The average Bonchev–Trinajstić information content (AvgIpc) is 3.08. The number of pyridine rings is 1. The van der Waals surface area contributed by atoms with Gasteiger partial charge >= 0.3 is 0 Å². The molecule has 0 radical (unpaired) electrons. The second kappa shape index (κ2) is 7.42. The first kappa shape index (κ1) is 19.1. The van der Waals surface area contributed by atoms with Crippen LogP contribution in [-0.4, -0.2) is 22.9 Å². The van der Waals surface area contributed by atoms with E-state index in [1.165, 1.54) is 0 Å². The molecule has 0 unspecified atom stereocenters.